The Bertz CT molecular complexity index is 470. The first-order valence-electron chi connectivity index (χ1n) is 8.39. The molecule has 0 bridgehead atoms. The van der Waals surface area contributed by atoms with Crippen LogP contribution in [0.15, 0.2) is 30.3 Å². The van der Waals surface area contributed by atoms with E-state index in [9.17, 15) is 9.59 Å². The first-order valence-corrected chi connectivity index (χ1v) is 8.39. The first kappa shape index (κ1) is 19.2. The molecule has 0 unspecified atom stereocenters. The van der Waals surface area contributed by atoms with Crippen LogP contribution in [0.2, 0.25) is 0 Å². The van der Waals surface area contributed by atoms with Crippen molar-refractivity contribution < 1.29 is 19.1 Å². The molecule has 1 aromatic rings. The van der Waals surface area contributed by atoms with Gasteiger partial charge in [-0.05, 0) is 31.2 Å². The minimum Gasteiger partial charge on any atom is -0.466 e. The molecule has 1 aromatic carbocycles. The summed E-state index contributed by atoms with van der Waals surface area (Å²) in [5, 5.41) is 0. The van der Waals surface area contributed by atoms with E-state index in [1.165, 1.54) is 0 Å². The third-order valence-electron chi connectivity index (χ3n) is 3.77. The summed E-state index contributed by atoms with van der Waals surface area (Å²) < 4.78 is 10.3. The van der Waals surface area contributed by atoms with Gasteiger partial charge in [0.2, 0.25) is 0 Å². The zero-order valence-electron chi connectivity index (χ0n) is 14.4. The molecule has 4 nitrogen and oxygen atoms in total. The Hall–Kier alpha value is -1.84. The lowest BCUT2D eigenvalue weighted by molar-refractivity contribution is -0.150. The second-order valence-corrected chi connectivity index (χ2v) is 6.03. The predicted molar refractivity (Wildman–Crippen MR) is 89.7 cm³/mol. The van der Waals surface area contributed by atoms with Gasteiger partial charge in [-0.3, -0.25) is 9.59 Å². The highest BCUT2D eigenvalue weighted by Gasteiger charge is 2.18. The van der Waals surface area contributed by atoms with Gasteiger partial charge >= 0.3 is 11.9 Å². The lowest BCUT2D eigenvalue weighted by Crippen LogP contribution is -2.17. The van der Waals surface area contributed by atoms with Crippen molar-refractivity contribution in [2.24, 2.45) is 11.8 Å². The summed E-state index contributed by atoms with van der Waals surface area (Å²) in [5.74, 6) is -0.0545. The molecule has 0 N–H and O–H groups in total. The SMILES string of the molecule is CCOC(=O)CCC[C@@H](C)C[C@@H](C)C(=O)OCc1ccccc1. The van der Waals surface area contributed by atoms with E-state index >= 15 is 0 Å². The number of rotatable bonds is 10. The molecule has 0 spiro atoms. The standard InChI is InChI=1S/C19H28O4/c1-4-22-18(20)12-8-9-15(2)13-16(3)19(21)23-14-17-10-6-5-7-11-17/h5-7,10-11,15-16H,4,8-9,12-14H2,1-3H3/t15-,16-/m1/s1. The summed E-state index contributed by atoms with van der Waals surface area (Å²) in [7, 11) is 0. The van der Waals surface area contributed by atoms with Crippen LogP contribution in [-0.4, -0.2) is 18.5 Å². The van der Waals surface area contributed by atoms with Crippen LogP contribution < -0.4 is 0 Å². The average molecular weight is 320 g/mol. The quantitative estimate of drug-likeness (QED) is 0.608. The minimum atomic E-state index is -0.161. The van der Waals surface area contributed by atoms with Crippen molar-refractivity contribution in [1.29, 1.82) is 0 Å². The van der Waals surface area contributed by atoms with Gasteiger partial charge in [-0.25, -0.2) is 0 Å². The Morgan fingerprint density at radius 3 is 2.43 bits per heavy atom. The van der Waals surface area contributed by atoms with Gasteiger partial charge in [0.1, 0.15) is 6.61 Å². The molecule has 1 rings (SSSR count). The van der Waals surface area contributed by atoms with E-state index in [-0.39, 0.29) is 17.9 Å². The molecule has 23 heavy (non-hydrogen) atoms. The Labute approximate surface area is 139 Å². The fourth-order valence-corrected chi connectivity index (χ4v) is 2.52. The highest BCUT2D eigenvalue weighted by molar-refractivity contribution is 5.72. The normalized spacial score (nSPS) is 13.2. The maximum absolute atomic E-state index is 12.0. The van der Waals surface area contributed by atoms with Crippen molar-refractivity contribution in [3.05, 3.63) is 35.9 Å². The third-order valence-corrected chi connectivity index (χ3v) is 3.77. The van der Waals surface area contributed by atoms with E-state index in [4.69, 9.17) is 9.47 Å². The van der Waals surface area contributed by atoms with Gasteiger partial charge in [0.05, 0.1) is 12.5 Å². The third kappa shape index (κ3) is 8.38. The topological polar surface area (TPSA) is 52.6 Å². The van der Waals surface area contributed by atoms with Gasteiger partial charge in [0.15, 0.2) is 0 Å². The van der Waals surface area contributed by atoms with Crippen LogP contribution in [0.3, 0.4) is 0 Å². The monoisotopic (exact) mass is 320 g/mol. The van der Waals surface area contributed by atoms with Crippen LogP contribution in [0.4, 0.5) is 0 Å². The van der Waals surface area contributed by atoms with Crippen molar-refractivity contribution in [2.45, 2.75) is 53.1 Å². The van der Waals surface area contributed by atoms with E-state index in [0.29, 0.717) is 25.6 Å². The van der Waals surface area contributed by atoms with Crippen LogP contribution in [0.25, 0.3) is 0 Å². The van der Waals surface area contributed by atoms with Gasteiger partial charge < -0.3 is 9.47 Å². The van der Waals surface area contributed by atoms with Gasteiger partial charge in [0, 0.05) is 6.42 Å². The summed E-state index contributed by atoms with van der Waals surface area (Å²) in [5.41, 5.74) is 0.996. The molecule has 2 atom stereocenters. The molecule has 0 aliphatic heterocycles. The Balaban J connectivity index is 2.21. The molecule has 0 saturated heterocycles. The summed E-state index contributed by atoms with van der Waals surface area (Å²) >= 11 is 0. The molecular formula is C19H28O4. The van der Waals surface area contributed by atoms with Gasteiger partial charge in [-0.1, -0.05) is 50.6 Å². The average Bonchev–Trinajstić information content (AvgIpc) is 2.53. The molecule has 0 heterocycles. The predicted octanol–water partition coefficient (Wildman–Crippen LogP) is 4.13. The summed E-state index contributed by atoms with van der Waals surface area (Å²) in [6, 6.07) is 9.67. The van der Waals surface area contributed by atoms with Crippen LogP contribution in [0.5, 0.6) is 0 Å². The number of carbonyl (C=O) groups is 2. The van der Waals surface area contributed by atoms with Crippen LogP contribution in [-0.2, 0) is 25.7 Å². The second kappa shape index (κ2) is 10.8. The second-order valence-electron chi connectivity index (χ2n) is 6.03. The van der Waals surface area contributed by atoms with Crippen molar-refractivity contribution in [3.63, 3.8) is 0 Å². The highest BCUT2D eigenvalue weighted by Crippen LogP contribution is 2.19. The van der Waals surface area contributed by atoms with E-state index in [2.05, 4.69) is 6.92 Å². The molecule has 0 fully saturated rings. The summed E-state index contributed by atoms with van der Waals surface area (Å²) in [6.45, 7) is 6.56. The number of esters is 2. The van der Waals surface area contributed by atoms with Crippen molar-refractivity contribution in [2.75, 3.05) is 6.61 Å². The van der Waals surface area contributed by atoms with Crippen molar-refractivity contribution in [1.82, 2.24) is 0 Å². The van der Waals surface area contributed by atoms with Crippen molar-refractivity contribution >= 4 is 11.9 Å². The zero-order valence-corrected chi connectivity index (χ0v) is 14.4. The van der Waals surface area contributed by atoms with Gasteiger partial charge in [-0.2, -0.15) is 0 Å². The van der Waals surface area contributed by atoms with Crippen LogP contribution in [0.1, 0.15) is 52.0 Å². The van der Waals surface area contributed by atoms with E-state index < -0.39 is 0 Å². The first-order chi connectivity index (χ1) is 11.0. The number of carbonyl (C=O) groups excluding carboxylic acids is 2. The lowest BCUT2D eigenvalue weighted by Gasteiger charge is -2.16. The largest absolute Gasteiger partial charge is 0.466 e. The lowest BCUT2D eigenvalue weighted by atomic mass is 9.93. The van der Waals surface area contributed by atoms with Crippen molar-refractivity contribution in [3.8, 4) is 0 Å². The highest BCUT2D eigenvalue weighted by atomic mass is 16.5. The van der Waals surface area contributed by atoms with E-state index in [0.717, 1.165) is 24.8 Å². The number of hydrogen-bond acceptors (Lipinski definition) is 4. The molecule has 0 amide bonds. The van der Waals surface area contributed by atoms with E-state index in [1.54, 1.807) is 0 Å². The fourth-order valence-electron chi connectivity index (χ4n) is 2.52. The maximum atomic E-state index is 12.0. The molecule has 4 heteroatoms. The molecule has 0 aromatic heterocycles. The summed E-state index contributed by atoms with van der Waals surface area (Å²) in [6.07, 6.45) is 2.93. The Morgan fingerprint density at radius 2 is 1.78 bits per heavy atom. The smallest absolute Gasteiger partial charge is 0.308 e. The van der Waals surface area contributed by atoms with Crippen LogP contribution >= 0.6 is 0 Å². The number of benzene rings is 1. The molecule has 0 aliphatic rings. The maximum Gasteiger partial charge on any atom is 0.308 e. The van der Waals surface area contributed by atoms with Gasteiger partial charge in [-0.15, -0.1) is 0 Å². The molecule has 128 valence electrons. The zero-order chi connectivity index (χ0) is 17.1. The Kier molecular flexibility index (Phi) is 9.03. The molecule has 0 radical (unpaired) electrons. The molecule has 0 saturated carbocycles. The Morgan fingerprint density at radius 1 is 1.09 bits per heavy atom. The summed E-state index contributed by atoms with van der Waals surface area (Å²) in [4.78, 5) is 23.3. The number of hydrogen-bond donors (Lipinski definition) is 0. The minimum absolute atomic E-state index is 0.128. The van der Waals surface area contributed by atoms with E-state index in [1.807, 2.05) is 44.2 Å². The molecular weight excluding hydrogens is 292 g/mol. The number of ether oxygens (including phenoxy) is 2. The molecule has 0 aliphatic carbocycles. The van der Waals surface area contributed by atoms with Gasteiger partial charge in [0.25, 0.3) is 0 Å². The van der Waals surface area contributed by atoms with Crippen LogP contribution in [0, 0.1) is 11.8 Å². The fraction of sp³-hybridized carbons (Fsp3) is 0.579.